The molecule has 0 heterocycles. The minimum absolute atomic E-state index is 0.158. The van der Waals surface area contributed by atoms with Crippen LogP contribution in [0.25, 0.3) is 0 Å². The summed E-state index contributed by atoms with van der Waals surface area (Å²) in [6.45, 7) is 2.03. The maximum atomic E-state index is 13.0. The molecule has 0 atom stereocenters. The number of para-hydroxylation sites is 1. The van der Waals surface area contributed by atoms with E-state index in [1.165, 1.54) is 45.6 Å². The number of ether oxygens (including phenoxy) is 5. The number of methoxy groups -OCH3 is 3. The molecule has 0 fully saturated rings. The lowest BCUT2D eigenvalue weighted by atomic mass is 10.1. The van der Waals surface area contributed by atoms with Gasteiger partial charge in [0.2, 0.25) is 5.75 Å². The molecule has 0 aromatic heterocycles. The van der Waals surface area contributed by atoms with Crippen LogP contribution in [-0.4, -0.2) is 45.9 Å². The number of amides is 2. The number of hydrogen-bond acceptors (Lipinski definition) is 8. The van der Waals surface area contributed by atoms with Gasteiger partial charge in [-0.25, -0.2) is 4.79 Å². The fourth-order valence-electron chi connectivity index (χ4n) is 3.40. The fourth-order valence-corrected chi connectivity index (χ4v) is 3.40. The van der Waals surface area contributed by atoms with Crippen molar-refractivity contribution in [2.24, 2.45) is 0 Å². The maximum absolute atomic E-state index is 13.0. The van der Waals surface area contributed by atoms with Gasteiger partial charge in [-0.1, -0.05) is 18.2 Å². The Balaban J connectivity index is 1.68. The van der Waals surface area contributed by atoms with E-state index in [1.807, 2.05) is 0 Å². The summed E-state index contributed by atoms with van der Waals surface area (Å²) in [5.74, 6) is 0.612. The third-order valence-electron chi connectivity index (χ3n) is 5.21. The van der Waals surface area contributed by atoms with Crippen molar-refractivity contribution in [2.75, 3.05) is 33.3 Å². The smallest absolute Gasteiger partial charge is 0.493 e. The van der Waals surface area contributed by atoms with Crippen LogP contribution >= 0.6 is 0 Å². The maximum Gasteiger partial charge on any atom is 0.513 e. The number of rotatable bonds is 10. The van der Waals surface area contributed by atoms with Crippen molar-refractivity contribution in [2.45, 2.75) is 13.5 Å². The van der Waals surface area contributed by atoms with E-state index >= 15 is 0 Å². The molecule has 3 rings (SSSR count). The SMILES string of the molecule is CCOC(=O)Oc1ccc(C(=O)NCc2ccccc2NC(=O)c2cc(OC)c(OC)c(OC)c2)cc1. The van der Waals surface area contributed by atoms with E-state index in [0.717, 1.165) is 0 Å². The van der Waals surface area contributed by atoms with Crippen molar-refractivity contribution in [1.82, 2.24) is 5.32 Å². The van der Waals surface area contributed by atoms with E-state index in [-0.39, 0.29) is 24.8 Å². The monoisotopic (exact) mass is 508 g/mol. The van der Waals surface area contributed by atoms with Crippen LogP contribution in [0.4, 0.5) is 10.5 Å². The highest BCUT2D eigenvalue weighted by molar-refractivity contribution is 6.05. The normalized spacial score (nSPS) is 10.2. The number of hydrogen-bond donors (Lipinski definition) is 2. The average molecular weight is 509 g/mol. The van der Waals surface area contributed by atoms with E-state index in [9.17, 15) is 14.4 Å². The predicted molar refractivity (Wildman–Crippen MR) is 136 cm³/mol. The highest BCUT2D eigenvalue weighted by Gasteiger charge is 2.18. The molecule has 0 saturated carbocycles. The Labute approximate surface area is 214 Å². The zero-order valence-corrected chi connectivity index (χ0v) is 21.0. The molecule has 10 nitrogen and oxygen atoms in total. The first kappa shape index (κ1) is 26.9. The molecule has 2 N–H and O–H groups in total. The number of carbonyl (C=O) groups excluding carboxylic acids is 3. The molecule has 0 unspecified atom stereocenters. The Kier molecular flexibility index (Phi) is 9.31. The van der Waals surface area contributed by atoms with Crippen LogP contribution in [-0.2, 0) is 11.3 Å². The second kappa shape index (κ2) is 12.8. The third kappa shape index (κ3) is 6.91. The van der Waals surface area contributed by atoms with Gasteiger partial charge in [0.25, 0.3) is 11.8 Å². The Bertz CT molecular complexity index is 1230. The zero-order valence-electron chi connectivity index (χ0n) is 21.0. The molecule has 0 aliphatic heterocycles. The lowest BCUT2D eigenvalue weighted by molar-refractivity contribution is 0.0950. The van der Waals surface area contributed by atoms with E-state index in [0.29, 0.717) is 39.6 Å². The topological polar surface area (TPSA) is 121 Å². The molecule has 0 aliphatic carbocycles. The van der Waals surface area contributed by atoms with Crippen LogP contribution in [0.2, 0.25) is 0 Å². The number of benzene rings is 3. The number of anilines is 1. The molecule has 3 aromatic carbocycles. The van der Waals surface area contributed by atoms with Gasteiger partial charge in [0.15, 0.2) is 11.5 Å². The molecular formula is C27H28N2O8. The van der Waals surface area contributed by atoms with Crippen LogP contribution in [0.3, 0.4) is 0 Å². The van der Waals surface area contributed by atoms with Gasteiger partial charge in [0.05, 0.1) is 27.9 Å². The quantitative estimate of drug-likeness (QED) is 0.305. The molecule has 194 valence electrons. The van der Waals surface area contributed by atoms with E-state index in [1.54, 1.807) is 43.3 Å². The summed E-state index contributed by atoms with van der Waals surface area (Å²) >= 11 is 0. The largest absolute Gasteiger partial charge is 0.513 e. The number of carbonyl (C=O) groups is 3. The van der Waals surface area contributed by atoms with E-state index in [2.05, 4.69) is 10.6 Å². The summed E-state index contributed by atoms with van der Waals surface area (Å²) in [5.41, 5.74) is 1.90. The Hall–Kier alpha value is -4.73. The Morgan fingerprint density at radius 2 is 1.43 bits per heavy atom. The lowest BCUT2D eigenvalue weighted by Gasteiger charge is -2.15. The average Bonchev–Trinajstić information content (AvgIpc) is 2.91. The van der Waals surface area contributed by atoms with Crippen LogP contribution < -0.4 is 29.6 Å². The third-order valence-corrected chi connectivity index (χ3v) is 5.21. The molecule has 0 radical (unpaired) electrons. The molecule has 0 aliphatic rings. The van der Waals surface area contributed by atoms with Gasteiger partial charge in [0.1, 0.15) is 5.75 Å². The summed E-state index contributed by atoms with van der Waals surface area (Å²) in [6.07, 6.45) is -0.815. The van der Waals surface area contributed by atoms with Crippen molar-refractivity contribution in [1.29, 1.82) is 0 Å². The van der Waals surface area contributed by atoms with Crippen molar-refractivity contribution in [3.8, 4) is 23.0 Å². The second-order valence-corrected chi connectivity index (χ2v) is 7.52. The highest BCUT2D eigenvalue weighted by atomic mass is 16.7. The fraction of sp³-hybridized carbons (Fsp3) is 0.222. The molecule has 10 heteroatoms. The van der Waals surface area contributed by atoms with Crippen molar-refractivity contribution >= 4 is 23.7 Å². The Morgan fingerprint density at radius 1 is 0.784 bits per heavy atom. The van der Waals surface area contributed by atoms with Gasteiger partial charge < -0.3 is 34.3 Å². The van der Waals surface area contributed by atoms with Crippen molar-refractivity contribution in [3.63, 3.8) is 0 Å². The van der Waals surface area contributed by atoms with Gasteiger partial charge in [0, 0.05) is 23.4 Å². The van der Waals surface area contributed by atoms with Crippen LogP contribution in [0.5, 0.6) is 23.0 Å². The van der Waals surface area contributed by atoms with Gasteiger partial charge in [-0.2, -0.15) is 0 Å². The predicted octanol–water partition coefficient (Wildman–Crippen LogP) is 4.43. The summed E-state index contributed by atoms with van der Waals surface area (Å²) in [6, 6.07) is 16.3. The molecule has 0 bridgehead atoms. The van der Waals surface area contributed by atoms with Crippen molar-refractivity contribution < 1.29 is 38.1 Å². The summed E-state index contributed by atoms with van der Waals surface area (Å²) < 4.78 is 25.7. The molecular weight excluding hydrogens is 480 g/mol. The first-order chi connectivity index (χ1) is 17.9. The summed E-state index contributed by atoms with van der Waals surface area (Å²) in [5, 5.41) is 5.69. The van der Waals surface area contributed by atoms with Crippen LogP contribution in [0, 0.1) is 0 Å². The van der Waals surface area contributed by atoms with Gasteiger partial charge >= 0.3 is 6.16 Å². The summed E-state index contributed by atoms with van der Waals surface area (Å²) in [4.78, 5) is 37.1. The first-order valence-electron chi connectivity index (χ1n) is 11.3. The van der Waals surface area contributed by atoms with Crippen molar-refractivity contribution in [3.05, 3.63) is 77.4 Å². The van der Waals surface area contributed by atoms with Crippen LogP contribution in [0.15, 0.2) is 60.7 Å². The highest BCUT2D eigenvalue weighted by Crippen LogP contribution is 2.38. The Morgan fingerprint density at radius 3 is 2.03 bits per heavy atom. The minimum Gasteiger partial charge on any atom is -0.493 e. The summed E-state index contributed by atoms with van der Waals surface area (Å²) in [7, 11) is 4.42. The molecule has 2 amide bonds. The molecule has 0 spiro atoms. The molecule has 0 saturated heterocycles. The van der Waals surface area contributed by atoms with Gasteiger partial charge in [-0.15, -0.1) is 0 Å². The van der Waals surface area contributed by atoms with E-state index < -0.39 is 12.1 Å². The molecule has 37 heavy (non-hydrogen) atoms. The lowest BCUT2D eigenvalue weighted by Crippen LogP contribution is -2.24. The standard InChI is InChI=1S/C27H28N2O8/c1-5-36-27(32)37-20-12-10-17(11-13-20)25(30)28-16-18-8-6-7-9-21(18)29-26(31)19-14-22(33-2)24(35-4)23(15-19)34-3/h6-15H,5,16H2,1-4H3,(H,28,30)(H,29,31). The molecule has 3 aromatic rings. The first-order valence-corrected chi connectivity index (χ1v) is 11.3. The van der Waals surface area contributed by atoms with Crippen LogP contribution in [0.1, 0.15) is 33.2 Å². The van der Waals surface area contributed by atoms with Gasteiger partial charge in [-0.3, -0.25) is 9.59 Å². The van der Waals surface area contributed by atoms with E-state index in [4.69, 9.17) is 23.7 Å². The second-order valence-electron chi connectivity index (χ2n) is 7.52. The zero-order chi connectivity index (χ0) is 26.8. The minimum atomic E-state index is -0.815. The number of nitrogens with one attached hydrogen (secondary N) is 2. The van der Waals surface area contributed by atoms with Gasteiger partial charge in [-0.05, 0) is 55.0 Å².